The number of benzene rings is 1. The van der Waals surface area contributed by atoms with Crippen LogP contribution < -0.4 is 10.6 Å². The summed E-state index contributed by atoms with van der Waals surface area (Å²) in [5.41, 5.74) is 6.63. The summed E-state index contributed by atoms with van der Waals surface area (Å²) >= 11 is 0. The molecule has 3 heterocycles. The smallest absolute Gasteiger partial charge is 0.215 e. The number of nitrogens with zero attached hydrogens (tertiary/aromatic N) is 3. The van der Waals surface area contributed by atoms with E-state index in [9.17, 15) is 12.8 Å². The zero-order valence-electron chi connectivity index (χ0n) is 16.3. The molecule has 0 amide bonds. The molecule has 3 N–H and O–H groups in total. The first-order chi connectivity index (χ1) is 13.7. The van der Waals surface area contributed by atoms with Crippen LogP contribution in [0.3, 0.4) is 0 Å². The number of halogens is 1. The zero-order valence-corrected chi connectivity index (χ0v) is 17.1. The van der Waals surface area contributed by atoms with Gasteiger partial charge < -0.3 is 20.4 Å². The molecule has 29 heavy (non-hydrogen) atoms. The molecule has 0 saturated carbocycles. The Labute approximate surface area is 167 Å². The molecule has 1 fully saturated rings. The molecule has 2 atom stereocenters. The molecular formula is C19H22FN5O3S. The molecule has 1 aromatic carbocycles. The zero-order chi connectivity index (χ0) is 20.9. The van der Waals surface area contributed by atoms with Crippen molar-refractivity contribution in [2.75, 3.05) is 23.8 Å². The fourth-order valence-corrected chi connectivity index (χ4v) is 5.19. The van der Waals surface area contributed by atoms with Crippen molar-refractivity contribution >= 4 is 32.5 Å². The van der Waals surface area contributed by atoms with Gasteiger partial charge in [-0.05, 0) is 32.9 Å². The van der Waals surface area contributed by atoms with E-state index in [1.165, 1.54) is 18.2 Å². The summed E-state index contributed by atoms with van der Waals surface area (Å²) in [6.45, 7) is 6.77. The highest BCUT2D eigenvalue weighted by molar-refractivity contribution is 7.92. The minimum atomic E-state index is -4.24. The lowest BCUT2D eigenvalue weighted by molar-refractivity contribution is 0.0282. The maximum absolute atomic E-state index is 14.3. The van der Waals surface area contributed by atoms with Crippen LogP contribution in [-0.2, 0) is 14.6 Å². The molecule has 2 aromatic heterocycles. The van der Waals surface area contributed by atoms with Crippen LogP contribution >= 0.6 is 0 Å². The topological polar surface area (TPSA) is 114 Å². The van der Waals surface area contributed by atoms with E-state index in [1.54, 1.807) is 6.92 Å². The van der Waals surface area contributed by atoms with E-state index in [1.807, 2.05) is 18.7 Å². The van der Waals surface area contributed by atoms with Gasteiger partial charge in [-0.1, -0.05) is 12.1 Å². The molecule has 0 radical (unpaired) electrons. The minimum Gasteiger partial charge on any atom is -0.384 e. The van der Waals surface area contributed by atoms with Crippen LogP contribution in [0.4, 0.5) is 16.0 Å². The molecule has 0 aliphatic carbocycles. The van der Waals surface area contributed by atoms with Crippen molar-refractivity contribution in [3.05, 3.63) is 35.9 Å². The molecule has 154 valence electrons. The molecule has 1 aliphatic heterocycles. The van der Waals surface area contributed by atoms with E-state index in [-0.39, 0.29) is 28.4 Å². The molecular weight excluding hydrogens is 397 g/mol. The lowest BCUT2D eigenvalue weighted by atomic mass is 10.1. The third kappa shape index (κ3) is 3.12. The van der Waals surface area contributed by atoms with Gasteiger partial charge in [0, 0.05) is 6.54 Å². The van der Waals surface area contributed by atoms with E-state index in [2.05, 4.69) is 15.0 Å². The van der Waals surface area contributed by atoms with Crippen LogP contribution in [0.25, 0.3) is 11.0 Å². The number of ether oxygens (including phenoxy) is 1. The number of morpholine rings is 1. The molecule has 8 nitrogen and oxygen atoms in total. The highest BCUT2D eigenvalue weighted by Crippen LogP contribution is 2.37. The summed E-state index contributed by atoms with van der Waals surface area (Å²) in [6.07, 6.45) is -0.0250. The Kier molecular flexibility index (Phi) is 4.70. The number of nitrogens with one attached hydrogen (secondary N) is 1. The number of nitrogens with two attached hydrogens (primary N) is 1. The van der Waals surface area contributed by atoms with Gasteiger partial charge in [0.1, 0.15) is 38.3 Å². The number of hydrogen-bond acceptors (Lipinski definition) is 7. The number of nitrogen functional groups attached to an aromatic ring is 1. The van der Waals surface area contributed by atoms with Crippen LogP contribution in [0.15, 0.2) is 34.1 Å². The maximum atomic E-state index is 14.3. The second-order valence-electron chi connectivity index (χ2n) is 7.13. The molecule has 0 spiro atoms. The van der Waals surface area contributed by atoms with Gasteiger partial charge in [-0.25, -0.2) is 22.8 Å². The number of rotatable bonds is 3. The van der Waals surface area contributed by atoms with Gasteiger partial charge in [-0.3, -0.25) is 0 Å². The standard InChI is InChI=1S/C19H22FN5O3S/c1-10-11(2)28-9-8-25(10)19-16-15(22-12(3)23-19)17(18(21)24-16)29(26,27)14-7-5-4-6-13(14)20/h4-7,10-11,24H,8-9,21H2,1-3H3/t10-,11+/m0/s1. The van der Waals surface area contributed by atoms with Crippen molar-refractivity contribution in [3.63, 3.8) is 0 Å². The van der Waals surface area contributed by atoms with Crippen LogP contribution in [0.1, 0.15) is 19.7 Å². The average molecular weight is 419 g/mol. The molecule has 1 aliphatic rings. The van der Waals surface area contributed by atoms with Gasteiger partial charge in [0.05, 0.1) is 18.8 Å². The van der Waals surface area contributed by atoms with Gasteiger partial charge in [0.25, 0.3) is 0 Å². The maximum Gasteiger partial charge on any atom is 0.215 e. The van der Waals surface area contributed by atoms with Gasteiger partial charge in [0.15, 0.2) is 5.82 Å². The van der Waals surface area contributed by atoms with E-state index in [0.29, 0.717) is 30.3 Å². The summed E-state index contributed by atoms with van der Waals surface area (Å²) in [5.74, 6) is 0.000837. The van der Waals surface area contributed by atoms with Crippen LogP contribution in [0.5, 0.6) is 0 Å². The number of anilines is 2. The number of aromatic nitrogens is 3. The number of sulfone groups is 1. The van der Waals surface area contributed by atoms with Crippen molar-refractivity contribution in [2.45, 2.75) is 42.7 Å². The second-order valence-corrected chi connectivity index (χ2v) is 8.98. The number of H-pyrrole nitrogens is 1. The third-order valence-electron chi connectivity index (χ3n) is 5.27. The van der Waals surface area contributed by atoms with Crippen molar-refractivity contribution in [3.8, 4) is 0 Å². The highest BCUT2D eigenvalue weighted by atomic mass is 32.2. The molecule has 3 aromatic rings. The van der Waals surface area contributed by atoms with Crippen molar-refractivity contribution in [1.82, 2.24) is 15.0 Å². The number of aromatic amines is 1. The van der Waals surface area contributed by atoms with Crippen LogP contribution in [0, 0.1) is 12.7 Å². The lowest BCUT2D eigenvalue weighted by Crippen LogP contribution is -2.49. The van der Waals surface area contributed by atoms with E-state index >= 15 is 0 Å². The summed E-state index contributed by atoms with van der Waals surface area (Å²) in [6, 6.07) is 5.21. The molecule has 4 rings (SSSR count). The fraction of sp³-hybridized carbons (Fsp3) is 0.368. The van der Waals surface area contributed by atoms with E-state index in [4.69, 9.17) is 10.5 Å². The minimum absolute atomic E-state index is 0.0115. The number of fused-ring (bicyclic) bond motifs is 1. The first-order valence-corrected chi connectivity index (χ1v) is 10.7. The molecule has 0 unspecified atom stereocenters. The highest BCUT2D eigenvalue weighted by Gasteiger charge is 2.33. The van der Waals surface area contributed by atoms with Gasteiger partial charge in [-0.15, -0.1) is 0 Å². The Morgan fingerprint density at radius 3 is 2.72 bits per heavy atom. The Bertz CT molecular complexity index is 1190. The summed E-state index contributed by atoms with van der Waals surface area (Å²) in [4.78, 5) is 13.2. The van der Waals surface area contributed by atoms with Crippen molar-refractivity contribution in [2.24, 2.45) is 0 Å². The SMILES string of the molecule is Cc1nc(N2CCO[C@H](C)[C@@H]2C)c2[nH]c(N)c(S(=O)(=O)c3ccccc3F)c2n1. The monoisotopic (exact) mass is 419 g/mol. The quantitative estimate of drug-likeness (QED) is 0.670. The average Bonchev–Trinajstić information content (AvgIpc) is 3.00. The van der Waals surface area contributed by atoms with Gasteiger partial charge in [0.2, 0.25) is 9.84 Å². The Hall–Kier alpha value is -2.72. The Balaban J connectivity index is 1.96. The largest absolute Gasteiger partial charge is 0.384 e. The summed E-state index contributed by atoms with van der Waals surface area (Å²) in [7, 11) is -4.24. The molecule has 0 bridgehead atoms. The number of aryl methyl sites for hydroxylation is 1. The van der Waals surface area contributed by atoms with Gasteiger partial charge in [-0.2, -0.15) is 0 Å². The Morgan fingerprint density at radius 2 is 2.00 bits per heavy atom. The second kappa shape index (κ2) is 6.96. The van der Waals surface area contributed by atoms with Crippen LogP contribution in [-0.4, -0.2) is 48.7 Å². The first-order valence-electron chi connectivity index (χ1n) is 9.25. The van der Waals surface area contributed by atoms with E-state index in [0.717, 1.165) is 6.07 Å². The predicted molar refractivity (Wildman–Crippen MR) is 107 cm³/mol. The van der Waals surface area contributed by atoms with Gasteiger partial charge >= 0.3 is 0 Å². The third-order valence-corrected chi connectivity index (χ3v) is 7.13. The lowest BCUT2D eigenvalue weighted by Gasteiger charge is -2.38. The first kappa shape index (κ1) is 19.6. The normalized spacial score (nSPS) is 20.3. The fourth-order valence-electron chi connectivity index (χ4n) is 3.64. The van der Waals surface area contributed by atoms with Crippen molar-refractivity contribution < 1.29 is 17.5 Å². The predicted octanol–water partition coefficient (Wildman–Crippen LogP) is 2.43. The molecule has 10 heteroatoms. The molecule has 1 saturated heterocycles. The van der Waals surface area contributed by atoms with Crippen molar-refractivity contribution in [1.29, 1.82) is 0 Å². The van der Waals surface area contributed by atoms with Crippen LogP contribution in [0.2, 0.25) is 0 Å². The number of hydrogen-bond donors (Lipinski definition) is 2. The summed E-state index contributed by atoms with van der Waals surface area (Å²) < 4.78 is 46.4. The van der Waals surface area contributed by atoms with E-state index < -0.39 is 20.5 Å². The summed E-state index contributed by atoms with van der Waals surface area (Å²) in [5, 5.41) is 0. The Morgan fingerprint density at radius 1 is 1.28 bits per heavy atom.